The molecule has 3 rings (SSSR count). The summed E-state index contributed by atoms with van der Waals surface area (Å²) in [4.78, 5) is 3.35. The zero-order valence-electron chi connectivity index (χ0n) is 11.9. The van der Waals surface area contributed by atoms with Crippen molar-refractivity contribution in [3.63, 3.8) is 0 Å². The predicted octanol–water partition coefficient (Wildman–Crippen LogP) is 2.97. The van der Waals surface area contributed by atoms with Crippen LogP contribution in [0.5, 0.6) is 0 Å². The number of thiophene rings is 1. The van der Waals surface area contributed by atoms with Gasteiger partial charge >= 0.3 is 0 Å². The van der Waals surface area contributed by atoms with Gasteiger partial charge in [-0.15, -0.1) is 21.5 Å². The molecule has 3 atom stereocenters. The molecule has 108 valence electrons. The fourth-order valence-corrected chi connectivity index (χ4v) is 3.24. The zero-order chi connectivity index (χ0) is 14.1. The number of ether oxygens (including phenoxy) is 1. The summed E-state index contributed by atoms with van der Waals surface area (Å²) in [7, 11) is 0. The van der Waals surface area contributed by atoms with Gasteiger partial charge in [0.15, 0.2) is 0 Å². The number of morpholine rings is 1. The normalized spacial score (nSPS) is 25.8. The van der Waals surface area contributed by atoms with E-state index in [1.165, 1.54) is 0 Å². The van der Waals surface area contributed by atoms with Gasteiger partial charge in [-0.1, -0.05) is 6.07 Å². The van der Waals surface area contributed by atoms with E-state index in [1.54, 1.807) is 11.3 Å². The van der Waals surface area contributed by atoms with E-state index in [-0.39, 0.29) is 18.2 Å². The second-order valence-electron chi connectivity index (χ2n) is 5.31. The van der Waals surface area contributed by atoms with E-state index in [9.17, 15) is 0 Å². The van der Waals surface area contributed by atoms with Gasteiger partial charge in [0.05, 0.1) is 23.1 Å². The molecule has 0 aromatic carbocycles. The average molecular weight is 293 g/mol. The molecule has 2 aromatic rings. The molecule has 2 aromatic heterocycles. The highest BCUT2D eigenvalue weighted by molar-refractivity contribution is 7.13. The predicted molar refractivity (Wildman–Crippen MR) is 77.6 cm³/mol. The number of rotatable bonds is 3. The van der Waals surface area contributed by atoms with Crippen LogP contribution in [0.3, 0.4) is 0 Å². The highest BCUT2D eigenvalue weighted by Gasteiger charge is 2.29. The van der Waals surface area contributed by atoms with Crippen LogP contribution in [0.2, 0.25) is 0 Å². The highest BCUT2D eigenvalue weighted by atomic mass is 32.1. The Morgan fingerprint density at radius 2 is 2.05 bits per heavy atom. The second kappa shape index (κ2) is 5.63. The first kappa shape index (κ1) is 13.7. The van der Waals surface area contributed by atoms with Crippen molar-refractivity contribution in [3.05, 3.63) is 23.4 Å². The molecule has 0 unspecified atom stereocenters. The van der Waals surface area contributed by atoms with Crippen molar-refractivity contribution >= 4 is 11.3 Å². The minimum absolute atomic E-state index is 0.116. The minimum Gasteiger partial charge on any atom is -0.418 e. The van der Waals surface area contributed by atoms with Crippen molar-refractivity contribution in [2.45, 2.75) is 39.0 Å². The maximum Gasteiger partial charge on any atom is 0.257 e. The van der Waals surface area contributed by atoms with E-state index in [2.05, 4.69) is 35.9 Å². The topological polar surface area (TPSA) is 51.4 Å². The fourth-order valence-electron chi connectivity index (χ4n) is 2.59. The van der Waals surface area contributed by atoms with Crippen molar-refractivity contribution in [2.24, 2.45) is 0 Å². The summed E-state index contributed by atoms with van der Waals surface area (Å²) in [5.74, 6) is 1.28. The Bertz CT molecular complexity index is 545. The van der Waals surface area contributed by atoms with Crippen LogP contribution in [0.25, 0.3) is 10.8 Å². The number of hydrogen-bond acceptors (Lipinski definition) is 6. The molecule has 5 nitrogen and oxygen atoms in total. The standard InChI is InChI=1S/C14H19N3O2S/c1-9-7-17(8-10(2)18-9)11(3)13-15-16-14(19-13)12-5-4-6-20-12/h4-6,9-11H,7-8H2,1-3H3/t9-,10+,11-/m0/s1. The van der Waals surface area contributed by atoms with Crippen LogP contribution in [0.4, 0.5) is 0 Å². The first-order valence-corrected chi connectivity index (χ1v) is 7.78. The van der Waals surface area contributed by atoms with Crippen LogP contribution in [0, 0.1) is 0 Å². The van der Waals surface area contributed by atoms with E-state index in [0.717, 1.165) is 18.0 Å². The van der Waals surface area contributed by atoms with E-state index >= 15 is 0 Å². The van der Waals surface area contributed by atoms with E-state index in [0.29, 0.717) is 11.8 Å². The Hall–Kier alpha value is -1.24. The highest BCUT2D eigenvalue weighted by Crippen LogP contribution is 2.28. The van der Waals surface area contributed by atoms with Gasteiger partial charge < -0.3 is 9.15 Å². The molecule has 0 spiro atoms. The van der Waals surface area contributed by atoms with Crippen LogP contribution in [0.1, 0.15) is 32.7 Å². The second-order valence-corrected chi connectivity index (χ2v) is 6.26. The molecule has 0 aliphatic carbocycles. The van der Waals surface area contributed by atoms with E-state index < -0.39 is 0 Å². The summed E-state index contributed by atoms with van der Waals surface area (Å²) in [6.07, 6.45) is 0.474. The van der Waals surface area contributed by atoms with Gasteiger partial charge in [-0.05, 0) is 32.2 Å². The lowest BCUT2D eigenvalue weighted by atomic mass is 10.2. The first-order valence-electron chi connectivity index (χ1n) is 6.90. The molecule has 1 aliphatic heterocycles. The molecule has 0 bridgehead atoms. The smallest absolute Gasteiger partial charge is 0.257 e. The molecule has 0 amide bonds. The Morgan fingerprint density at radius 3 is 2.70 bits per heavy atom. The largest absolute Gasteiger partial charge is 0.418 e. The van der Waals surface area contributed by atoms with Gasteiger partial charge in [0.2, 0.25) is 5.89 Å². The number of hydrogen-bond donors (Lipinski definition) is 0. The Balaban J connectivity index is 1.75. The summed E-state index contributed by atoms with van der Waals surface area (Å²) in [6.45, 7) is 8.08. The Labute approximate surface area is 122 Å². The quantitative estimate of drug-likeness (QED) is 0.871. The summed E-state index contributed by atoms with van der Waals surface area (Å²) >= 11 is 1.61. The average Bonchev–Trinajstić information content (AvgIpc) is 3.07. The Morgan fingerprint density at radius 1 is 1.30 bits per heavy atom. The molecule has 0 N–H and O–H groups in total. The van der Waals surface area contributed by atoms with Crippen molar-refractivity contribution in [2.75, 3.05) is 13.1 Å². The van der Waals surface area contributed by atoms with Gasteiger partial charge in [-0.25, -0.2) is 0 Å². The van der Waals surface area contributed by atoms with Gasteiger partial charge in [0.25, 0.3) is 5.89 Å². The Kier molecular flexibility index (Phi) is 3.87. The lowest BCUT2D eigenvalue weighted by Crippen LogP contribution is -2.46. The van der Waals surface area contributed by atoms with Crippen molar-refractivity contribution in [1.82, 2.24) is 15.1 Å². The third-order valence-corrected chi connectivity index (χ3v) is 4.38. The van der Waals surface area contributed by atoms with Crippen LogP contribution < -0.4 is 0 Å². The van der Waals surface area contributed by atoms with Crippen molar-refractivity contribution in [3.8, 4) is 10.8 Å². The summed E-state index contributed by atoms with van der Waals surface area (Å²) in [5.41, 5.74) is 0. The van der Waals surface area contributed by atoms with Crippen LogP contribution >= 0.6 is 11.3 Å². The van der Waals surface area contributed by atoms with E-state index in [4.69, 9.17) is 9.15 Å². The first-order chi connectivity index (χ1) is 9.63. The van der Waals surface area contributed by atoms with Crippen LogP contribution in [0.15, 0.2) is 21.9 Å². The molecule has 0 radical (unpaired) electrons. The molecule has 1 saturated heterocycles. The van der Waals surface area contributed by atoms with E-state index in [1.807, 2.05) is 17.5 Å². The third-order valence-electron chi connectivity index (χ3n) is 3.53. The molecular formula is C14H19N3O2S. The van der Waals surface area contributed by atoms with Crippen molar-refractivity contribution < 1.29 is 9.15 Å². The maximum absolute atomic E-state index is 5.82. The molecular weight excluding hydrogens is 274 g/mol. The van der Waals surface area contributed by atoms with Gasteiger partial charge in [0.1, 0.15) is 0 Å². The van der Waals surface area contributed by atoms with Crippen molar-refractivity contribution in [1.29, 1.82) is 0 Å². The molecule has 20 heavy (non-hydrogen) atoms. The molecule has 0 saturated carbocycles. The summed E-state index contributed by atoms with van der Waals surface area (Å²) < 4.78 is 11.6. The molecule has 3 heterocycles. The molecule has 6 heteroatoms. The van der Waals surface area contributed by atoms with Crippen LogP contribution in [-0.2, 0) is 4.74 Å². The molecule has 1 aliphatic rings. The number of nitrogens with zero attached hydrogens (tertiary/aromatic N) is 3. The maximum atomic E-state index is 5.82. The lowest BCUT2D eigenvalue weighted by molar-refractivity contribution is -0.0814. The van der Waals surface area contributed by atoms with Crippen LogP contribution in [-0.4, -0.2) is 40.4 Å². The lowest BCUT2D eigenvalue weighted by Gasteiger charge is -2.37. The fraction of sp³-hybridized carbons (Fsp3) is 0.571. The SMILES string of the molecule is C[C@@H]1CN([C@@H](C)c2nnc(-c3cccs3)o2)C[C@H](C)O1. The van der Waals surface area contributed by atoms with Gasteiger partial charge in [0, 0.05) is 13.1 Å². The molecule has 1 fully saturated rings. The van der Waals surface area contributed by atoms with Gasteiger partial charge in [-0.3, -0.25) is 4.90 Å². The van der Waals surface area contributed by atoms with Gasteiger partial charge in [-0.2, -0.15) is 0 Å². The minimum atomic E-state index is 0.116. The number of aromatic nitrogens is 2. The zero-order valence-corrected chi connectivity index (χ0v) is 12.8. The summed E-state index contributed by atoms with van der Waals surface area (Å²) in [6, 6.07) is 4.09. The monoisotopic (exact) mass is 293 g/mol. The third kappa shape index (κ3) is 2.77. The summed E-state index contributed by atoms with van der Waals surface area (Å²) in [5, 5.41) is 10.4.